The third-order valence-corrected chi connectivity index (χ3v) is 4.10. The summed E-state index contributed by atoms with van der Waals surface area (Å²) < 4.78 is 8.25. The number of carboxylic acid groups (broad SMARTS) is 2. The molecular weight excluding hydrogens is 380 g/mol. The second-order valence-corrected chi connectivity index (χ2v) is 7.11. The summed E-state index contributed by atoms with van der Waals surface area (Å²) in [4.78, 5) is 19.6. The SMILES string of the molecule is C=CC(=O)O.CC(C)CCCCCCCCCCCCCCC(=O)O.[O]=[Ti]. The van der Waals surface area contributed by atoms with Gasteiger partial charge >= 0.3 is 35.7 Å². The van der Waals surface area contributed by atoms with E-state index in [1.165, 1.54) is 70.6 Å². The van der Waals surface area contributed by atoms with E-state index in [2.05, 4.69) is 20.4 Å². The van der Waals surface area contributed by atoms with E-state index in [0.29, 0.717) is 6.42 Å². The fourth-order valence-corrected chi connectivity index (χ4v) is 2.60. The first-order chi connectivity index (χ1) is 12.9. The van der Waals surface area contributed by atoms with E-state index < -0.39 is 11.9 Å². The third-order valence-electron chi connectivity index (χ3n) is 4.10. The summed E-state index contributed by atoms with van der Waals surface area (Å²) in [6.07, 6.45) is 18.2. The number of hydrogen-bond donors (Lipinski definition) is 2. The van der Waals surface area contributed by atoms with E-state index >= 15 is 0 Å². The number of hydrogen-bond acceptors (Lipinski definition) is 3. The molecule has 0 saturated heterocycles. The van der Waals surface area contributed by atoms with E-state index in [0.717, 1.165) is 45.2 Å². The first-order valence-corrected chi connectivity index (χ1v) is 10.8. The molecule has 0 fully saturated rings. The van der Waals surface area contributed by atoms with Crippen LogP contribution in [0.1, 0.15) is 104 Å². The summed E-state index contributed by atoms with van der Waals surface area (Å²) in [5, 5.41) is 16.1. The Kier molecular flexibility index (Phi) is 31.4. The quantitative estimate of drug-likeness (QED) is 0.173. The minimum atomic E-state index is -0.981. The van der Waals surface area contributed by atoms with Gasteiger partial charge in [0.1, 0.15) is 0 Å². The zero-order chi connectivity index (χ0) is 21.3. The van der Waals surface area contributed by atoms with Crippen molar-refractivity contribution in [3.8, 4) is 0 Å². The van der Waals surface area contributed by atoms with Crippen LogP contribution in [0.15, 0.2) is 12.7 Å². The van der Waals surface area contributed by atoms with Crippen LogP contribution in [0, 0.1) is 5.92 Å². The van der Waals surface area contributed by atoms with Crippen LogP contribution in [-0.2, 0) is 33.3 Å². The van der Waals surface area contributed by atoms with Gasteiger partial charge in [0.15, 0.2) is 0 Å². The van der Waals surface area contributed by atoms with Gasteiger partial charge in [-0.3, -0.25) is 4.79 Å². The second kappa shape index (κ2) is 27.4. The number of unbranched alkanes of at least 4 members (excludes halogenated alkanes) is 11. The fraction of sp³-hybridized carbons (Fsp3) is 0.810. The molecule has 158 valence electrons. The standard InChI is InChI=1S/C18H36O2.C3H4O2.O.Ti/c1-17(2)15-13-11-9-7-5-3-4-6-8-10-12-14-16-18(19)20;1-2-3(4)5;;/h17H,3-16H2,1-2H3,(H,19,20);2H,1H2,(H,4,5);;. The van der Waals surface area contributed by atoms with E-state index in [9.17, 15) is 9.59 Å². The molecule has 0 radical (unpaired) electrons. The van der Waals surface area contributed by atoms with Crippen molar-refractivity contribution in [1.82, 2.24) is 0 Å². The summed E-state index contributed by atoms with van der Waals surface area (Å²) in [7, 11) is 0. The molecule has 0 aliphatic rings. The fourth-order valence-electron chi connectivity index (χ4n) is 2.60. The summed E-state index contributed by atoms with van der Waals surface area (Å²) in [5.41, 5.74) is 0. The van der Waals surface area contributed by atoms with Crippen molar-refractivity contribution in [2.45, 2.75) is 104 Å². The molecule has 6 heteroatoms. The molecule has 27 heavy (non-hydrogen) atoms. The molecule has 0 heterocycles. The van der Waals surface area contributed by atoms with Crippen LogP contribution in [0.3, 0.4) is 0 Å². The molecule has 0 saturated carbocycles. The van der Waals surface area contributed by atoms with Crippen LogP contribution >= 0.6 is 0 Å². The summed E-state index contributed by atoms with van der Waals surface area (Å²) in [6, 6.07) is 0. The molecule has 0 aromatic carbocycles. The Morgan fingerprint density at radius 2 is 1.07 bits per heavy atom. The Bertz CT molecular complexity index is 345. The van der Waals surface area contributed by atoms with Crippen molar-refractivity contribution in [2.24, 2.45) is 5.92 Å². The number of aliphatic carboxylic acids is 2. The Morgan fingerprint density at radius 1 is 0.778 bits per heavy atom. The van der Waals surface area contributed by atoms with Gasteiger partial charge in [-0.05, 0) is 12.3 Å². The molecule has 0 amide bonds. The van der Waals surface area contributed by atoms with Gasteiger partial charge in [-0.15, -0.1) is 0 Å². The van der Waals surface area contributed by atoms with Crippen molar-refractivity contribution >= 4 is 11.9 Å². The maximum absolute atomic E-state index is 10.3. The first kappa shape index (κ1) is 30.9. The third kappa shape index (κ3) is 40.9. The van der Waals surface area contributed by atoms with Crippen LogP contribution in [0.2, 0.25) is 0 Å². The molecule has 0 rings (SSSR count). The molecule has 2 N–H and O–H groups in total. The number of rotatable bonds is 16. The van der Waals surface area contributed by atoms with E-state index in [1.54, 1.807) is 0 Å². The second-order valence-electron chi connectivity index (χ2n) is 7.11. The average Bonchev–Trinajstić information content (AvgIpc) is 2.63. The Hall–Kier alpha value is -0.806. The van der Waals surface area contributed by atoms with Crippen molar-refractivity contribution < 1.29 is 43.5 Å². The van der Waals surface area contributed by atoms with Gasteiger partial charge in [-0.2, -0.15) is 0 Å². The Balaban J connectivity index is -0.000000705. The predicted octanol–water partition coefficient (Wildman–Crippen LogP) is 6.32. The molecule has 0 aliphatic heterocycles. The van der Waals surface area contributed by atoms with Crippen molar-refractivity contribution in [3.63, 3.8) is 0 Å². The molecule has 0 aliphatic carbocycles. The molecule has 0 aromatic rings. The van der Waals surface area contributed by atoms with Crippen LogP contribution in [0.5, 0.6) is 0 Å². The van der Waals surface area contributed by atoms with Gasteiger partial charge in [-0.1, -0.05) is 97.5 Å². The summed E-state index contributed by atoms with van der Waals surface area (Å²) in [5.74, 6) is -0.770. The van der Waals surface area contributed by atoms with Gasteiger partial charge in [0, 0.05) is 12.5 Å². The first-order valence-electron chi connectivity index (χ1n) is 10.2. The number of carboxylic acids is 2. The average molecular weight is 420 g/mol. The Labute approximate surface area is 177 Å². The maximum atomic E-state index is 10.3. The summed E-state index contributed by atoms with van der Waals surface area (Å²) >= 11 is 0.750. The van der Waals surface area contributed by atoms with Gasteiger partial charge in [0.25, 0.3) is 0 Å². The topological polar surface area (TPSA) is 91.7 Å². The molecule has 0 aromatic heterocycles. The zero-order valence-corrected chi connectivity index (χ0v) is 18.9. The molecule has 0 unspecified atom stereocenters. The van der Waals surface area contributed by atoms with Crippen LogP contribution < -0.4 is 0 Å². The zero-order valence-electron chi connectivity index (χ0n) is 17.4. The summed E-state index contributed by atoms with van der Waals surface area (Å²) in [6.45, 7) is 7.58. The van der Waals surface area contributed by atoms with Crippen LogP contribution in [-0.4, -0.2) is 22.2 Å². The molecular formula is C21H40O5Ti. The van der Waals surface area contributed by atoms with Crippen LogP contribution in [0.4, 0.5) is 0 Å². The normalized spacial score (nSPS) is 9.56. The van der Waals surface area contributed by atoms with Crippen molar-refractivity contribution in [2.75, 3.05) is 0 Å². The molecule has 0 atom stereocenters. The van der Waals surface area contributed by atoms with Gasteiger partial charge < -0.3 is 10.2 Å². The minimum absolute atomic E-state index is 0.344. The van der Waals surface area contributed by atoms with E-state index in [1.807, 2.05) is 0 Å². The van der Waals surface area contributed by atoms with E-state index in [4.69, 9.17) is 13.5 Å². The van der Waals surface area contributed by atoms with Gasteiger partial charge in [-0.25, -0.2) is 4.79 Å². The molecule has 5 nitrogen and oxygen atoms in total. The van der Waals surface area contributed by atoms with Gasteiger partial charge in [0.2, 0.25) is 0 Å². The van der Waals surface area contributed by atoms with Crippen LogP contribution in [0.25, 0.3) is 0 Å². The Morgan fingerprint density at radius 3 is 1.33 bits per heavy atom. The monoisotopic (exact) mass is 420 g/mol. The molecule has 0 bridgehead atoms. The molecule has 0 spiro atoms. The number of carbonyl (C=O) groups is 2. The van der Waals surface area contributed by atoms with Gasteiger partial charge in [0.05, 0.1) is 0 Å². The van der Waals surface area contributed by atoms with E-state index in [-0.39, 0.29) is 0 Å². The van der Waals surface area contributed by atoms with Crippen molar-refractivity contribution in [1.29, 1.82) is 0 Å². The predicted molar refractivity (Wildman–Crippen MR) is 106 cm³/mol. The van der Waals surface area contributed by atoms with Crippen molar-refractivity contribution in [3.05, 3.63) is 12.7 Å².